The van der Waals surface area contributed by atoms with Gasteiger partial charge >= 0.3 is 5.97 Å². The van der Waals surface area contributed by atoms with Crippen LogP contribution in [-0.4, -0.2) is 45.2 Å². The predicted molar refractivity (Wildman–Crippen MR) is 78.6 cm³/mol. The van der Waals surface area contributed by atoms with Crippen molar-refractivity contribution >= 4 is 25.8 Å². The monoisotopic (exact) mass is 350 g/mol. The molecular weight excluding hydrogens is 332 g/mol. The molecule has 2 N–H and O–H groups in total. The summed E-state index contributed by atoms with van der Waals surface area (Å²) >= 11 is 0. The topological polar surface area (TPSA) is 130 Å². The zero-order chi connectivity index (χ0) is 17.0. The molecule has 0 radical (unpaired) electrons. The van der Waals surface area contributed by atoms with Crippen LogP contribution in [0.5, 0.6) is 0 Å². The summed E-state index contributed by atoms with van der Waals surface area (Å²) in [4.78, 5) is 14.4. The molecule has 10 heteroatoms. The molecule has 0 bridgehead atoms. The van der Waals surface area contributed by atoms with Gasteiger partial charge in [0.15, 0.2) is 14.9 Å². The lowest BCUT2D eigenvalue weighted by Crippen LogP contribution is -2.40. The summed E-state index contributed by atoms with van der Waals surface area (Å²) in [6.07, 6.45) is 3.30. The van der Waals surface area contributed by atoms with Crippen LogP contribution in [0.4, 0.5) is 0 Å². The van der Waals surface area contributed by atoms with Gasteiger partial charge in [-0.25, -0.2) is 21.8 Å². The number of aromatic nitrogens is 1. The Kier molecular flexibility index (Phi) is 6.03. The van der Waals surface area contributed by atoms with Crippen LogP contribution >= 0.6 is 0 Å². The maximum absolute atomic E-state index is 12.1. The molecule has 8 nitrogen and oxygen atoms in total. The SMILES string of the molecule is CCCC[C@H](NS(=O)(=O)c1ccc(S(C)(=O)=O)nc1)C(=O)O. The molecule has 0 aliphatic carbocycles. The molecule has 1 aromatic heterocycles. The third kappa shape index (κ3) is 5.04. The molecule has 1 atom stereocenters. The first kappa shape index (κ1) is 18.5. The molecule has 0 unspecified atom stereocenters. The van der Waals surface area contributed by atoms with E-state index in [0.717, 1.165) is 31.0 Å². The Morgan fingerprint density at radius 1 is 1.32 bits per heavy atom. The van der Waals surface area contributed by atoms with Crippen molar-refractivity contribution in [2.45, 2.75) is 42.1 Å². The smallest absolute Gasteiger partial charge is 0.321 e. The first-order valence-corrected chi connectivity index (χ1v) is 9.86. The quantitative estimate of drug-likeness (QED) is 0.694. The fourth-order valence-corrected chi connectivity index (χ4v) is 3.37. The maximum Gasteiger partial charge on any atom is 0.321 e. The molecule has 0 aliphatic heterocycles. The lowest BCUT2D eigenvalue weighted by atomic mass is 10.1. The highest BCUT2D eigenvalue weighted by molar-refractivity contribution is 7.90. The summed E-state index contributed by atoms with van der Waals surface area (Å²) in [7, 11) is -7.62. The molecule has 0 amide bonds. The molecule has 1 heterocycles. The summed E-state index contributed by atoms with van der Waals surface area (Å²) in [5.74, 6) is -1.27. The van der Waals surface area contributed by atoms with Gasteiger partial charge in [0, 0.05) is 12.5 Å². The zero-order valence-corrected chi connectivity index (χ0v) is 13.8. The number of carboxylic acids is 1. The predicted octanol–water partition coefficient (Wildman–Crippen LogP) is 0.407. The molecule has 124 valence electrons. The van der Waals surface area contributed by atoms with Crippen LogP contribution in [0, 0.1) is 0 Å². The molecule has 0 aliphatic rings. The number of rotatable bonds is 8. The second-order valence-corrected chi connectivity index (χ2v) is 8.44. The van der Waals surface area contributed by atoms with Crippen molar-refractivity contribution in [3.8, 4) is 0 Å². The van der Waals surface area contributed by atoms with Gasteiger partial charge in [0.1, 0.15) is 10.9 Å². The number of aliphatic carboxylic acids is 1. The van der Waals surface area contributed by atoms with E-state index in [1.165, 1.54) is 0 Å². The molecule has 1 rings (SSSR count). The number of nitrogens with zero attached hydrogens (tertiary/aromatic N) is 1. The number of hydrogen-bond donors (Lipinski definition) is 2. The fourth-order valence-electron chi connectivity index (χ4n) is 1.64. The van der Waals surface area contributed by atoms with Crippen LogP contribution in [0.2, 0.25) is 0 Å². The van der Waals surface area contributed by atoms with Gasteiger partial charge in [-0.05, 0) is 18.6 Å². The highest BCUT2D eigenvalue weighted by atomic mass is 32.2. The molecule has 0 fully saturated rings. The summed E-state index contributed by atoms with van der Waals surface area (Å²) < 4.78 is 48.8. The minimum absolute atomic E-state index is 0.167. The number of nitrogens with one attached hydrogen (secondary N) is 1. The molecular formula is C12H18N2O6S2. The molecule has 0 aromatic carbocycles. The number of hydrogen-bond acceptors (Lipinski definition) is 6. The zero-order valence-electron chi connectivity index (χ0n) is 12.2. The normalized spacial score (nSPS) is 13.7. The van der Waals surface area contributed by atoms with Crippen LogP contribution in [0.3, 0.4) is 0 Å². The largest absolute Gasteiger partial charge is 0.480 e. The number of pyridine rings is 1. The van der Waals surface area contributed by atoms with Crippen LogP contribution in [-0.2, 0) is 24.7 Å². The standard InChI is InChI=1S/C12H18N2O6S2/c1-3-4-5-10(12(15)16)14-22(19,20)9-6-7-11(13-8-9)21(2,17)18/h6-8,10,14H,3-5H2,1-2H3,(H,15,16)/t10-/m0/s1. The van der Waals surface area contributed by atoms with Crippen molar-refractivity contribution in [1.29, 1.82) is 0 Å². The van der Waals surface area contributed by atoms with Crippen molar-refractivity contribution in [2.75, 3.05) is 6.26 Å². The summed E-state index contributed by atoms with van der Waals surface area (Å²) in [5, 5.41) is 8.78. The number of sulfone groups is 1. The number of carbonyl (C=O) groups is 1. The van der Waals surface area contributed by atoms with Gasteiger partial charge in [0.2, 0.25) is 10.0 Å². The fraction of sp³-hybridized carbons (Fsp3) is 0.500. The highest BCUT2D eigenvalue weighted by Gasteiger charge is 2.25. The van der Waals surface area contributed by atoms with E-state index >= 15 is 0 Å². The van der Waals surface area contributed by atoms with Crippen molar-refractivity contribution in [2.24, 2.45) is 0 Å². The van der Waals surface area contributed by atoms with Crippen LogP contribution in [0.1, 0.15) is 26.2 Å². The molecule has 0 saturated carbocycles. The van der Waals surface area contributed by atoms with E-state index in [2.05, 4.69) is 9.71 Å². The summed E-state index contributed by atoms with van der Waals surface area (Å²) in [6, 6.07) is 0.899. The lowest BCUT2D eigenvalue weighted by molar-refractivity contribution is -0.139. The van der Waals surface area contributed by atoms with Crippen molar-refractivity contribution in [1.82, 2.24) is 9.71 Å². The Labute approximate surface area is 129 Å². The molecule has 1 aromatic rings. The van der Waals surface area contributed by atoms with E-state index in [4.69, 9.17) is 5.11 Å². The third-order valence-electron chi connectivity index (χ3n) is 2.84. The average molecular weight is 350 g/mol. The Morgan fingerprint density at radius 2 is 1.95 bits per heavy atom. The van der Waals surface area contributed by atoms with Crippen LogP contribution in [0.15, 0.2) is 28.3 Å². The Morgan fingerprint density at radius 3 is 2.36 bits per heavy atom. The second kappa shape index (κ2) is 7.16. The Hall–Kier alpha value is -1.52. The van der Waals surface area contributed by atoms with E-state index in [0.29, 0.717) is 6.42 Å². The van der Waals surface area contributed by atoms with E-state index < -0.39 is 31.9 Å². The van der Waals surface area contributed by atoms with Crippen molar-refractivity contribution in [3.05, 3.63) is 18.3 Å². The Balaban J connectivity index is 3.00. The number of sulfonamides is 1. The van der Waals surface area contributed by atoms with Gasteiger partial charge in [-0.1, -0.05) is 19.8 Å². The first-order valence-electron chi connectivity index (χ1n) is 6.49. The van der Waals surface area contributed by atoms with E-state index in [9.17, 15) is 21.6 Å². The van der Waals surface area contributed by atoms with E-state index in [-0.39, 0.29) is 16.3 Å². The molecule has 0 spiro atoms. The summed E-state index contributed by atoms with van der Waals surface area (Å²) in [6.45, 7) is 1.86. The third-order valence-corrected chi connectivity index (χ3v) is 5.30. The number of unbranched alkanes of at least 4 members (excludes halogenated alkanes) is 1. The van der Waals surface area contributed by atoms with Gasteiger partial charge in [-0.15, -0.1) is 0 Å². The minimum Gasteiger partial charge on any atom is -0.480 e. The van der Waals surface area contributed by atoms with Gasteiger partial charge in [0.05, 0.1) is 0 Å². The second-order valence-electron chi connectivity index (χ2n) is 4.76. The Bertz CT molecular complexity index is 725. The number of carboxylic acid groups (broad SMARTS) is 1. The highest BCUT2D eigenvalue weighted by Crippen LogP contribution is 2.13. The maximum atomic E-state index is 12.1. The van der Waals surface area contributed by atoms with Gasteiger partial charge in [-0.2, -0.15) is 4.72 Å². The molecule has 0 saturated heterocycles. The van der Waals surface area contributed by atoms with Crippen LogP contribution in [0.25, 0.3) is 0 Å². The summed E-state index contributed by atoms with van der Waals surface area (Å²) in [5.41, 5.74) is 0. The lowest BCUT2D eigenvalue weighted by Gasteiger charge is -2.14. The van der Waals surface area contributed by atoms with Crippen LogP contribution < -0.4 is 4.72 Å². The molecule has 22 heavy (non-hydrogen) atoms. The van der Waals surface area contributed by atoms with Crippen molar-refractivity contribution in [3.63, 3.8) is 0 Å². The minimum atomic E-state index is -4.09. The van der Waals surface area contributed by atoms with E-state index in [1.54, 1.807) is 0 Å². The van der Waals surface area contributed by atoms with Gasteiger partial charge < -0.3 is 5.11 Å². The first-order chi connectivity index (χ1) is 10.1. The van der Waals surface area contributed by atoms with Crippen molar-refractivity contribution < 1.29 is 26.7 Å². The van der Waals surface area contributed by atoms with Gasteiger partial charge in [-0.3, -0.25) is 4.79 Å². The van der Waals surface area contributed by atoms with E-state index in [1.807, 2.05) is 6.92 Å². The van der Waals surface area contributed by atoms with Gasteiger partial charge in [0.25, 0.3) is 0 Å². The average Bonchev–Trinajstić information content (AvgIpc) is 2.42.